The molecule has 0 spiro atoms. The molecule has 0 unspecified atom stereocenters. The van der Waals surface area contributed by atoms with Crippen LogP contribution in [0.1, 0.15) is 39.2 Å². The van der Waals surface area contributed by atoms with Gasteiger partial charge in [0.05, 0.1) is 19.3 Å². The van der Waals surface area contributed by atoms with Crippen molar-refractivity contribution in [1.29, 1.82) is 0 Å². The Morgan fingerprint density at radius 3 is 2.57 bits per heavy atom. The van der Waals surface area contributed by atoms with Crippen molar-refractivity contribution in [2.75, 3.05) is 20.3 Å². The molecule has 0 aliphatic heterocycles. The van der Waals surface area contributed by atoms with Crippen molar-refractivity contribution in [1.82, 2.24) is 5.32 Å². The molecular formula is C17H27NO3. The molecule has 4 heteroatoms. The molecule has 2 rings (SSSR count). The Labute approximate surface area is 127 Å². The summed E-state index contributed by atoms with van der Waals surface area (Å²) in [6.45, 7) is 8.03. The molecule has 1 saturated carbocycles. The number of ether oxygens (including phenoxy) is 3. The smallest absolute Gasteiger partial charge is 0.165 e. The number of para-hydroxylation sites is 1. The molecule has 0 aromatic heterocycles. The van der Waals surface area contributed by atoms with Gasteiger partial charge in [-0.3, -0.25) is 0 Å². The van der Waals surface area contributed by atoms with E-state index in [1.165, 1.54) is 12.8 Å². The maximum atomic E-state index is 5.92. The van der Waals surface area contributed by atoms with Crippen LogP contribution in [-0.2, 0) is 11.3 Å². The Hall–Kier alpha value is -1.26. The lowest BCUT2D eigenvalue weighted by Gasteiger charge is -2.20. The first-order valence-electron chi connectivity index (χ1n) is 7.65. The van der Waals surface area contributed by atoms with E-state index in [0.29, 0.717) is 19.3 Å². The molecule has 0 radical (unpaired) electrons. The molecule has 21 heavy (non-hydrogen) atoms. The highest BCUT2D eigenvalue weighted by molar-refractivity contribution is 5.46. The molecule has 0 amide bonds. The molecule has 0 heterocycles. The number of methoxy groups -OCH3 is 1. The van der Waals surface area contributed by atoms with E-state index in [4.69, 9.17) is 14.2 Å². The topological polar surface area (TPSA) is 39.7 Å². The number of benzene rings is 1. The predicted octanol–water partition coefficient (Wildman–Crippen LogP) is 3.14. The van der Waals surface area contributed by atoms with Gasteiger partial charge in [-0.05, 0) is 39.7 Å². The maximum Gasteiger partial charge on any atom is 0.165 e. The summed E-state index contributed by atoms with van der Waals surface area (Å²) < 4.78 is 17.0. The van der Waals surface area contributed by atoms with Crippen LogP contribution in [0.4, 0.5) is 0 Å². The van der Waals surface area contributed by atoms with E-state index in [2.05, 4.69) is 11.4 Å². The van der Waals surface area contributed by atoms with Crippen LogP contribution in [0.3, 0.4) is 0 Å². The summed E-state index contributed by atoms with van der Waals surface area (Å²) in [5, 5.41) is 3.51. The Bertz CT molecular complexity index is 450. The largest absolute Gasteiger partial charge is 0.493 e. The minimum absolute atomic E-state index is 0.138. The molecule has 1 aromatic carbocycles. The van der Waals surface area contributed by atoms with Crippen LogP contribution in [0.25, 0.3) is 0 Å². The highest BCUT2D eigenvalue weighted by atomic mass is 16.5. The van der Waals surface area contributed by atoms with Crippen LogP contribution < -0.4 is 14.8 Å². The Balaban J connectivity index is 1.93. The van der Waals surface area contributed by atoms with Crippen LogP contribution in [0.15, 0.2) is 18.2 Å². The zero-order chi connectivity index (χ0) is 15.3. The third-order valence-electron chi connectivity index (χ3n) is 3.30. The van der Waals surface area contributed by atoms with E-state index in [1.54, 1.807) is 7.11 Å². The van der Waals surface area contributed by atoms with E-state index in [9.17, 15) is 0 Å². The monoisotopic (exact) mass is 293 g/mol. The molecule has 0 saturated heterocycles. The van der Waals surface area contributed by atoms with Gasteiger partial charge in [-0.25, -0.2) is 0 Å². The molecule has 0 bridgehead atoms. The first-order valence-corrected chi connectivity index (χ1v) is 7.65. The molecule has 0 atom stereocenters. The highest BCUT2D eigenvalue weighted by Crippen LogP contribution is 2.32. The first-order chi connectivity index (χ1) is 9.99. The number of hydrogen-bond donors (Lipinski definition) is 1. The van der Waals surface area contributed by atoms with Crippen molar-refractivity contribution in [3.05, 3.63) is 23.8 Å². The predicted molar refractivity (Wildman–Crippen MR) is 84.1 cm³/mol. The van der Waals surface area contributed by atoms with Gasteiger partial charge in [-0.1, -0.05) is 12.1 Å². The Kier molecular flexibility index (Phi) is 5.48. The summed E-state index contributed by atoms with van der Waals surface area (Å²) in [6.07, 6.45) is 2.55. The minimum Gasteiger partial charge on any atom is -0.493 e. The third-order valence-corrected chi connectivity index (χ3v) is 3.30. The normalized spacial score (nSPS) is 15.0. The van der Waals surface area contributed by atoms with Crippen molar-refractivity contribution < 1.29 is 14.2 Å². The van der Waals surface area contributed by atoms with Crippen LogP contribution in [-0.4, -0.2) is 32.0 Å². The summed E-state index contributed by atoms with van der Waals surface area (Å²) >= 11 is 0. The molecule has 1 aliphatic rings. The molecule has 1 fully saturated rings. The molecule has 1 aliphatic carbocycles. The van der Waals surface area contributed by atoms with Crippen molar-refractivity contribution in [3.8, 4) is 11.5 Å². The van der Waals surface area contributed by atoms with Crippen LogP contribution in [0, 0.1) is 0 Å². The van der Waals surface area contributed by atoms with Gasteiger partial charge in [0.15, 0.2) is 11.5 Å². The number of nitrogens with one attached hydrogen (secondary N) is 1. The third kappa shape index (κ3) is 5.56. The Morgan fingerprint density at radius 2 is 1.95 bits per heavy atom. The van der Waals surface area contributed by atoms with Gasteiger partial charge < -0.3 is 19.5 Å². The van der Waals surface area contributed by atoms with Crippen molar-refractivity contribution >= 4 is 0 Å². The van der Waals surface area contributed by atoms with E-state index in [-0.39, 0.29) is 5.60 Å². The van der Waals surface area contributed by atoms with Crippen LogP contribution in [0.5, 0.6) is 11.5 Å². The van der Waals surface area contributed by atoms with E-state index in [1.807, 2.05) is 32.9 Å². The summed E-state index contributed by atoms with van der Waals surface area (Å²) in [5.41, 5.74) is 0.998. The fourth-order valence-corrected chi connectivity index (χ4v) is 2.06. The second-order valence-corrected chi connectivity index (χ2v) is 6.41. The fraction of sp³-hybridized carbons (Fsp3) is 0.647. The van der Waals surface area contributed by atoms with Gasteiger partial charge in [0.2, 0.25) is 0 Å². The van der Waals surface area contributed by atoms with Gasteiger partial charge in [-0.15, -0.1) is 0 Å². The average Bonchev–Trinajstić information content (AvgIpc) is 3.24. The lowest BCUT2D eigenvalue weighted by molar-refractivity contribution is -0.0166. The van der Waals surface area contributed by atoms with Gasteiger partial charge in [0.1, 0.15) is 6.61 Å². The molecular weight excluding hydrogens is 266 g/mol. The van der Waals surface area contributed by atoms with Gasteiger partial charge >= 0.3 is 0 Å². The lowest BCUT2D eigenvalue weighted by Crippen LogP contribution is -2.23. The summed E-state index contributed by atoms with van der Waals surface area (Å²) in [5.74, 6) is 1.60. The average molecular weight is 293 g/mol. The first kappa shape index (κ1) is 16.1. The Morgan fingerprint density at radius 1 is 1.19 bits per heavy atom. The van der Waals surface area contributed by atoms with E-state index < -0.39 is 0 Å². The van der Waals surface area contributed by atoms with Gasteiger partial charge in [-0.2, -0.15) is 0 Å². The van der Waals surface area contributed by atoms with Crippen LogP contribution >= 0.6 is 0 Å². The quantitative estimate of drug-likeness (QED) is 0.748. The zero-order valence-corrected chi connectivity index (χ0v) is 13.6. The van der Waals surface area contributed by atoms with E-state index >= 15 is 0 Å². The van der Waals surface area contributed by atoms with Gasteiger partial charge in [0.25, 0.3) is 0 Å². The molecule has 1 N–H and O–H groups in total. The highest BCUT2D eigenvalue weighted by Gasteiger charge is 2.21. The lowest BCUT2D eigenvalue weighted by atomic mass is 10.2. The minimum atomic E-state index is -0.138. The number of hydrogen-bond acceptors (Lipinski definition) is 4. The van der Waals surface area contributed by atoms with Crippen molar-refractivity contribution in [2.24, 2.45) is 0 Å². The molecule has 118 valence electrons. The van der Waals surface area contributed by atoms with Crippen molar-refractivity contribution in [2.45, 2.75) is 51.8 Å². The molecule has 4 nitrogen and oxygen atoms in total. The van der Waals surface area contributed by atoms with E-state index in [0.717, 1.165) is 23.6 Å². The SMILES string of the molecule is COc1cccc(CNC2CC2)c1OCCOC(C)(C)C. The second kappa shape index (κ2) is 7.14. The summed E-state index contributed by atoms with van der Waals surface area (Å²) in [7, 11) is 1.67. The van der Waals surface area contributed by atoms with Crippen LogP contribution in [0.2, 0.25) is 0 Å². The second-order valence-electron chi connectivity index (χ2n) is 6.41. The zero-order valence-electron chi connectivity index (χ0n) is 13.6. The number of rotatable bonds is 8. The maximum absolute atomic E-state index is 5.92. The van der Waals surface area contributed by atoms with Gasteiger partial charge in [0, 0.05) is 18.2 Å². The standard InChI is InChI=1S/C17H27NO3/c1-17(2,3)21-11-10-20-16-13(12-18-14-8-9-14)6-5-7-15(16)19-4/h5-7,14,18H,8-12H2,1-4H3. The molecule has 1 aromatic rings. The van der Waals surface area contributed by atoms with Crippen molar-refractivity contribution in [3.63, 3.8) is 0 Å². The fourth-order valence-electron chi connectivity index (χ4n) is 2.06. The summed E-state index contributed by atoms with van der Waals surface area (Å²) in [6, 6.07) is 6.69. The summed E-state index contributed by atoms with van der Waals surface area (Å²) in [4.78, 5) is 0.